The molecule has 0 aliphatic heterocycles. The summed E-state index contributed by atoms with van der Waals surface area (Å²) >= 11 is 0. The first-order valence-corrected chi connectivity index (χ1v) is 3.77. The Morgan fingerprint density at radius 3 is 1.67 bits per heavy atom. The lowest BCUT2D eigenvalue weighted by Gasteiger charge is -2.05. The Hall–Kier alpha value is -0.0800. The number of hydrogen-bond donors (Lipinski definition) is 2. The van der Waals surface area contributed by atoms with Crippen LogP contribution in [0.5, 0.6) is 0 Å². The predicted octanol–water partition coefficient (Wildman–Crippen LogP) is 0.320. The van der Waals surface area contributed by atoms with Crippen molar-refractivity contribution < 1.29 is 0 Å². The molecule has 54 valence electrons. The highest BCUT2D eigenvalue weighted by atomic mass is 14.6. The molecule has 0 saturated heterocycles. The van der Waals surface area contributed by atoms with Crippen LogP contribution in [0.15, 0.2) is 0 Å². The quantitative estimate of drug-likeness (QED) is 0.562. The molecule has 1 aliphatic carbocycles. The van der Waals surface area contributed by atoms with Gasteiger partial charge in [-0.1, -0.05) is 0 Å². The molecule has 0 bridgehead atoms. The van der Waals surface area contributed by atoms with Gasteiger partial charge in [-0.05, 0) is 44.2 Å². The maximum Gasteiger partial charge on any atom is -0.00488 e. The fourth-order valence-corrected chi connectivity index (χ4v) is 1.61. The summed E-state index contributed by atoms with van der Waals surface area (Å²) in [6.07, 6.45) is 3.88. The number of hydrogen-bond acceptors (Lipinski definition) is 2. The van der Waals surface area contributed by atoms with Gasteiger partial charge in [0.05, 0.1) is 0 Å². The molecule has 0 aromatic carbocycles. The van der Waals surface area contributed by atoms with Crippen molar-refractivity contribution in [2.75, 3.05) is 13.1 Å². The van der Waals surface area contributed by atoms with Crippen LogP contribution in [0.2, 0.25) is 0 Å². The molecule has 2 atom stereocenters. The van der Waals surface area contributed by atoms with E-state index in [4.69, 9.17) is 11.5 Å². The van der Waals surface area contributed by atoms with Crippen LogP contribution >= 0.6 is 0 Å². The van der Waals surface area contributed by atoms with Crippen molar-refractivity contribution in [1.82, 2.24) is 0 Å². The summed E-state index contributed by atoms with van der Waals surface area (Å²) in [7, 11) is 0. The molecule has 1 fully saturated rings. The molecule has 0 amide bonds. The lowest BCUT2D eigenvalue weighted by Crippen LogP contribution is -2.14. The Labute approximate surface area is 56.6 Å². The van der Waals surface area contributed by atoms with E-state index in [1.54, 1.807) is 0 Å². The Morgan fingerprint density at radius 1 is 1.00 bits per heavy atom. The molecule has 0 spiro atoms. The minimum absolute atomic E-state index is 0.776. The Bertz CT molecular complexity index is 73.0. The van der Waals surface area contributed by atoms with Crippen LogP contribution in [0.4, 0.5) is 0 Å². The first-order chi connectivity index (χ1) is 4.36. The van der Waals surface area contributed by atoms with E-state index < -0.39 is 0 Å². The first-order valence-electron chi connectivity index (χ1n) is 3.77. The number of rotatable bonds is 2. The zero-order valence-electron chi connectivity index (χ0n) is 5.84. The smallest absolute Gasteiger partial charge is 0.00488 e. The Morgan fingerprint density at radius 2 is 1.44 bits per heavy atom. The van der Waals surface area contributed by atoms with Crippen molar-refractivity contribution in [1.29, 1.82) is 0 Å². The molecule has 0 aromatic rings. The maximum atomic E-state index is 5.51. The lowest BCUT2D eigenvalue weighted by atomic mass is 10.1. The Kier molecular flexibility index (Phi) is 2.49. The van der Waals surface area contributed by atoms with E-state index in [-0.39, 0.29) is 0 Å². The second kappa shape index (κ2) is 3.18. The third-order valence-corrected chi connectivity index (χ3v) is 2.32. The molecule has 4 N–H and O–H groups in total. The summed E-state index contributed by atoms with van der Waals surface area (Å²) in [6, 6.07) is 0. The molecule has 9 heavy (non-hydrogen) atoms. The zero-order valence-corrected chi connectivity index (χ0v) is 5.84. The van der Waals surface area contributed by atoms with Gasteiger partial charge < -0.3 is 11.5 Å². The minimum atomic E-state index is 0.776. The highest BCUT2D eigenvalue weighted by molar-refractivity contribution is 4.76. The zero-order chi connectivity index (χ0) is 6.69. The molecule has 1 rings (SSSR count). The van der Waals surface area contributed by atoms with Gasteiger partial charge >= 0.3 is 0 Å². The average molecular weight is 128 g/mol. The van der Waals surface area contributed by atoms with Crippen LogP contribution in [0, 0.1) is 11.8 Å². The monoisotopic (exact) mass is 128 g/mol. The predicted molar refractivity (Wildman–Crippen MR) is 38.9 cm³/mol. The van der Waals surface area contributed by atoms with E-state index in [9.17, 15) is 0 Å². The Balaban J connectivity index is 2.20. The topological polar surface area (TPSA) is 52.0 Å². The van der Waals surface area contributed by atoms with E-state index >= 15 is 0 Å². The van der Waals surface area contributed by atoms with Crippen LogP contribution in [-0.4, -0.2) is 13.1 Å². The minimum Gasteiger partial charge on any atom is -0.330 e. The highest BCUT2D eigenvalue weighted by Crippen LogP contribution is 2.28. The average Bonchev–Trinajstić information content (AvgIpc) is 2.34. The van der Waals surface area contributed by atoms with E-state index in [1.807, 2.05) is 0 Å². The molecule has 2 heteroatoms. The van der Waals surface area contributed by atoms with E-state index in [0.29, 0.717) is 0 Å². The SMILES string of the molecule is NC[C@@H]1CC[C@@H](CN)C1. The third-order valence-electron chi connectivity index (χ3n) is 2.32. The van der Waals surface area contributed by atoms with E-state index in [2.05, 4.69) is 0 Å². The van der Waals surface area contributed by atoms with Gasteiger partial charge in [0.15, 0.2) is 0 Å². The summed E-state index contributed by atoms with van der Waals surface area (Å²) in [6.45, 7) is 1.72. The van der Waals surface area contributed by atoms with Crippen molar-refractivity contribution in [3.8, 4) is 0 Å². The van der Waals surface area contributed by atoms with Gasteiger partial charge in [0.25, 0.3) is 0 Å². The van der Waals surface area contributed by atoms with Crippen LogP contribution in [0.1, 0.15) is 19.3 Å². The van der Waals surface area contributed by atoms with E-state index in [1.165, 1.54) is 19.3 Å². The van der Waals surface area contributed by atoms with Crippen molar-refractivity contribution in [3.63, 3.8) is 0 Å². The molecular weight excluding hydrogens is 112 g/mol. The lowest BCUT2D eigenvalue weighted by molar-refractivity contribution is 0.505. The van der Waals surface area contributed by atoms with Gasteiger partial charge in [0.1, 0.15) is 0 Å². The van der Waals surface area contributed by atoms with Crippen LogP contribution in [0.3, 0.4) is 0 Å². The molecular formula is C7H16N2. The van der Waals surface area contributed by atoms with E-state index in [0.717, 1.165) is 24.9 Å². The highest BCUT2D eigenvalue weighted by Gasteiger charge is 2.21. The third kappa shape index (κ3) is 1.66. The van der Waals surface area contributed by atoms with Gasteiger partial charge in [0.2, 0.25) is 0 Å². The van der Waals surface area contributed by atoms with Crippen LogP contribution < -0.4 is 11.5 Å². The summed E-state index contributed by atoms with van der Waals surface area (Å²) in [4.78, 5) is 0. The van der Waals surface area contributed by atoms with Gasteiger partial charge in [-0.25, -0.2) is 0 Å². The van der Waals surface area contributed by atoms with Crippen molar-refractivity contribution in [2.45, 2.75) is 19.3 Å². The summed E-state index contributed by atoms with van der Waals surface area (Å²) in [5.74, 6) is 1.55. The molecule has 2 nitrogen and oxygen atoms in total. The molecule has 0 radical (unpaired) electrons. The molecule has 0 aromatic heterocycles. The number of nitrogens with two attached hydrogens (primary N) is 2. The first kappa shape index (κ1) is 7.03. The van der Waals surface area contributed by atoms with Gasteiger partial charge in [-0.15, -0.1) is 0 Å². The fraction of sp³-hybridized carbons (Fsp3) is 1.00. The van der Waals surface area contributed by atoms with Gasteiger partial charge in [-0.2, -0.15) is 0 Å². The van der Waals surface area contributed by atoms with Gasteiger partial charge in [0, 0.05) is 0 Å². The molecule has 0 heterocycles. The summed E-state index contributed by atoms with van der Waals surface area (Å²) < 4.78 is 0. The second-order valence-corrected chi connectivity index (χ2v) is 3.02. The molecule has 1 aliphatic rings. The summed E-state index contributed by atoms with van der Waals surface area (Å²) in [5, 5.41) is 0. The van der Waals surface area contributed by atoms with Gasteiger partial charge in [-0.3, -0.25) is 0 Å². The molecule has 0 unspecified atom stereocenters. The van der Waals surface area contributed by atoms with Crippen molar-refractivity contribution in [3.05, 3.63) is 0 Å². The van der Waals surface area contributed by atoms with Crippen LogP contribution in [0.25, 0.3) is 0 Å². The second-order valence-electron chi connectivity index (χ2n) is 3.02. The normalized spacial score (nSPS) is 35.3. The summed E-state index contributed by atoms with van der Waals surface area (Å²) in [5.41, 5.74) is 11.0. The van der Waals surface area contributed by atoms with Crippen molar-refractivity contribution in [2.24, 2.45) is 23.3 Å². The largest absolute Gasteiger partial charge is 0.330 e. The standard InChI is InChI=1S/C7H16N2/c8-4-6-1-2-7(3-6)5-9/h6-7H,1-5,8-9H2/t6-,7-/m1/s1. The fourth-order valence-electron chi connectivity index (χ4n) is 1.61. The van der Waals surface area contributed by atoms with Crippen LogP contribution in [-0.2, 0) is 0 Å². The van der Waals surface area contributed by atoms with Crippen molar-refractivity contribution >= 4 is 0 Å². The molecule has 1 saturated carbocycles. The maximum absolute atomic E-state index is 5.51.